The van der Waals surface area contributed by atoms with Crippen molar-refractivity contribution in [3.8, 4) is 0 Å². The number of nitrogens with zero attached hydrogens (tertiary/aromatic N) is 1. The van der Waals surface area contributed by atoms with E-state index >= 15 is 0 Å². The lowest BCUT2D eigenvalue weighted by Gasteiger charge is -2.07. The molecule has 9 heteroatoms. The maximum atomic E-state index is 11.3. The first kappa shape index (κ1) is 14.7. The molecule has 1 atom stereocenters. The molecular formula is C9H15N3O5S. The van der Waals surface area contributed by atoms with E-state index in [1.807, 2.05) is 16.9 Å². The smallest absolute Gasteiger partial charge is 0.333 e. The van der Waals surface area contributed by atoms with Gasteiger partial charge in [-0.2, -0.15) is 0 Å². The van der Waals surface area contributed by atoms with Crippen LogP contribution in [0.25, 0.3) is 0 Å². The lowest BCUT2D eigenvalue weighted by molar-refractivity contribution is 0.122. The van der Waals surface area contributed by atoms with Crippen molar-refractivity contribution < 1.29 is 9.29 Å². The largest absolute Gasteiger partial charge is 0.380 e. The predicted molar refractivity (Wildman–Crippen MR) is 67.1 cm³/mol. The van der Waals surface area contributed by atoms with Crippen LogP contribution in [0.3, 0.4) is 0 Å². The molecule has 0 spiro atoms. The lowest BCUT2D eigenvalue weighted by Crippen LogP contribution is -2.43. The fraction of sp³-hybridized carbons (Fsp3) is 0.667. The van der Waals surface area contributed by atoms with Crippen LogP contribution in [-0.4, -0.2) is 37.6 Å². The van der Waals surface area contributed by atoms with E-state index in [9.17, 15) is 14.4 Å². The molecule has 18 heavy (non-hydrogen) atoms. The first-order valence-electron chi connectivity index (χ1n) is 5.36. The Hall–Kier alpha value is -1.32. The number of aromatic amines is 2. The summed E-state index contributed by atoms with van der Waals surface area (Å²) in [5.74, 6) is 0. The molecule has 0 aliphatic heterocycles. The molecule has 1 heterocycles. The molecule has 0 aromatic carbocycles. The Morgan fingerprint density at radius 2 is 1.89 bits per heavy atom. The summed E-state index contributed by atoms with van der Waals surface area (Å²) in [7, 11) is 0. The van der Waals surface area contributed by atoms with Crippen LogP contribution in [0.4, 0.5) is 0 Å². The summed E-state index contributed by atoms with van der Waals surface area (Å²) >= 11 is 0.756. The predicted octanol–water partition coefficient (Wildman–Crippen LogP) is -0.774. The molecule has 0 saturated carbocycles. The van der Waals surface area contributed by atoms with Crippen molar-refractivity contribution in [2.24, 2.45) is 0 Å². The third kappa shape index (κ3) is 4.51. The number of H-pyrrole nitrogens is 2. The summed E-state index contributed by atoms with van der Waals surface area (Å²) in [6.45, 7) is 2.51. The normalized spacial score (nSPS) is 12.6. The van der Waals surface area contributed by atoms with Gasteiger partial charge in [0.15, 0.2) is 0 Å². The highest BCUT2D eigenvalue weighted by Crippen LogP contribution is 2.08. The van der Waals surface area contributed by atoms with Gasteiger partial charge in [-0.25, -0.2) is 19.0 Å². The van der Waals surface area contributed by atoms with E-state index < -0.39 is 17.1 Å². The van der Waals surface area contributed by atoms with Gasteiger partial charge in [-0.15, -0.1) is 0 Å². The second-order valence-corrected chi connectivity index (χ2v) is 4.67. The van der Waals surface area contributed by atoms with E-state index in [1.54, 1.807) is 0 Å². The average Bonchev–Trinajstić information content (AvgIpc) is 2.31. The van der Waals surface area contributed by atoms with Crippen molar-refractivity contribution in [3.63, 3.8) is 0 Å². The number of hydrogen-bond donors (Lipinski definition) is 3. The van der Waals surface area contributed by atoms with Crippen molar-refractivity contribution in [3.05, 3.63) is 31.5 Å². The zero-order valence-corrected chi connectivity index (χ0v) is 10.7. The SMILES string of the molecule is CC(CCOCCn1c(=O)[nH]c(=O)[nH]c1=O)SO. The molecule has 0 amide bonds. The van der Waals surface area contributed by atoms with Gasteiger partial charge in [0.05, 0.1) is 13.2 Å². The monoisotopic (exact) mass is 277 g/mol. The number of rotatable bonds is 7. The van der Waals surface area contributed by atoms with Gasteiger partial charge in [-0.1, -0.05) is 6.92 Å². The molecule has 102 valence electrons. The number of hydrogen-bond acceptors (Lipinski definition) is 6. The number of ether oxygens (including phenoxy) is 1. The molecule has 0 radical (unpaired) electrons. The molecule has 3 N–H and O–H groups in total. The molecule has 0 aliphatic rings. The molecule has 0 saturated heterocycles. The van der Waals surface area contributed by atoms with E-state index in [-0.39, 0.29) is 18.4 Å². The Morgan fingerprint density at radius 1 is 1.28 bits per heavy atom. The fourth-order valence-corrected chi connectivity index (χ4v) is 1.42. The molecule has 1 unspecified atom stereocenters. The number of aromatic nitrogens is 3. The van der Waals surface area contributed by atoms with Crippen molar-refractivity contribution in [2.75, 3.05) is 13.2 Å². The van der Waals surface area contributed by atoms with E-state index in [0.29, 0.717) is 13.0 Å². The fourth-order valence-electron chi connectivity index (χ4n) is 1.22. The van der Waals surface area contributed by atoms with Crippen molar-refractivity contribution in [1.29, 1.82) is 0 Å². The van der Waals surface area contributed by atoms with Gasteiger partial charge in [-0.3, -0.25) is 9.97 Å². The summed E-state index contributed by atoms with van der Waals surface area (Å²) in [6.07, 6.45) is 0.665. The zero-order chi connectivity index (χ0) is 13.5. The first-order valence-corrected chi connectivity index (χ1v) is 6.19. The summed E-state index contributed by atoms with van der Waals surface area (Å²) < 4.78 is 14.8. The third-order valence-corrected chi connectivity index (χ3v) is 2.83. The topological polar surface area (TPSA) is 117 Å². The van der Waals surface area contributed by atoms with E-state index in [1.165, 1.54) is 0 Å². The first-order chi connectivity index (χ1) is 8.54. The molecule has 0 bridgehead atoms. The van der Waals surface area contributed by atoms with Crippen LogP contribution in [0, 0.1) is 0 Å². The van der Waals surface area contributed by atoms with Crippen LogP contribution in [-0.2, 0) is 11.3 Å². The van der Waals surface area contributed by atoms with Crippen molar-refractivity contribution >= 4 is 12.0 Å². The van der Waals surface area contributed by atoms with E-state index in [4.69, 9.17) is 9.29 Å². The van der Waals surface area contributed by atoms with Crippen molar-refractivity contribution in [2.45, 2.75) is 25.1 Å². The van der Waals surface area contributed by atoms with Crippen LogP contribution in [0.1, 0.15) is 13.3 Å². The van der Waals surface area contributed by atoms with Gasteiger partial charge in [0.1, 0.15) is 0 Å². The van der Waals surface area contributed by atoms with Crippen LogP contribution in [0.15, 0.2) is 14.4 Å². The van der Waals surface area contributed by atoms with Crippen LogP contribution in [0.5, 0.6) is 0 Å². The maximum absolute atomic E-state index is 11.3. The highest BCUT2D eigenvalue weighted by atomic mass is 32.2. The average molecular weight is 277 g/mol. The minimum Gasteiger partial charge on any atom is -0.380 e. The molecule has 8 nitrogen and oxygen atoms in total. The molecule has 1 aromatic rings. The summed E-state index contributed by atoms with van der Waals surface area (Å²) in [5.41, 5.74) is -2.34. The highest BCUT2D eigenvalue weighted by Gasteiger charge is 2.03. The van der Waals surface area contributed by atoms with Crippen molar-refractivity contribution in [1.82, 2.24) is 14.5 Å². The Morgan fingerprint density at radius 3 is 2.44 bits per heavy atom. The van der Waals surface area contributed by atoms with Gasteiger partial charge in [0, 0.05) is 11.9 Å². The second-order valence-electron chi connectivity index (χ2n) is 3.66. The summed E-state index contributed by atoms with van der Waals surface area (Å²) in [6, 6.07) is 0. The zero-order valence-electron chi connectivity index (χ0n) is 9.84. The minimum atomic E-state index is -0.823. The van der Waals surface area contributed by atoms with Gasteiger partial charge in [0.2, 0.25) is 0 Å². The third-order valence-electron chi connectivity index (χ3n) is 2.24. The molecule has 1 rings (SSSR count). The Kier molecular flexibility index (Phi) is 5.89. The second kappa shape index (κ2) is 7.19. The minimum absolute atomic E-state index is 0.0611. The Balaban J connectivity index is 2.43. The number of nitrogens with one attached hydrogen (secondary N) is 2. The summed E-state index contributed by atoms with van der Waals surface area (Å²) in [4.78, 5) is 37.2. The Bertz CT molecular complexity index is 500. The van der Waals surface area contributed by atoms with Gasteiger partial charge < -0.3 is 9.29 Å². The quantitative estimate of drug-likeness (QED) is 0.445. The maximum Gasteiger partial charge on any atom is 0.333 e. The van der Waals surface area contributed by atoms with Crippen LogP contribution in [0.2, 0.25) is 0 Å². The highest BCUT2D eigenvalue weighted by molar-refractivity contribution is 7.94. The standard InChI is InChI=1S/C9H15N3O5S/c1-6(18-16)2-4-17-5-3-12-8(14)10-7(13)11-9(12)15/h6,16H,2-5H2,1H3,(H2,10,11,13,14,15). The molecule has 0 aliphatic carbocycles. The lowest BCUT2D eigenvalue weighted by atomic mass is 10.3. The van der Waals surface area contributed by atoms with E-state index in [0.717, 1.165) is 16.6 Å². The Labute approximate surface area is 106 Å². The molecular weight excluding hydrogens is 262 g/mol. The molecule has 1 aromatic heterocycles. The van der Waals surface area contributed by atoms with Gasteiger partial charge in [0.25, 0.3) is 0 Å². The van der Waals surface area contributed by atoms with E-state index in [2.05, 4.69) is 0 Å². The van der Waals surface area contributed by atoms with Gasteiger partial charge >= 0.3 is 17.1 Å². The van der Waals surface area contributed by atoms with Crippen LogP contribution < -0.4 is 17.1 Å². The molecule has 0 fully saturated rings. The summed E-state index contributed by atoms with van der Waals surface area (Å²) in [5, 5.41) is 0.0733. The van der Waals surface area contributed by atoms with Crippen LogP contribution >= 0.6 is 12.0 Å². The van der Waals surface area contributed by atoms with Gasteiger partial charge in [-0.05, 0) is 18.5 Å².